The quantitative estimate of drug-likeness (QED) is 0.749. The minimum absolute atomic E-state index is 0.455. The zero-order valence-electron chi connectivity index (χ0n) is 6.37. The summed E-state index contributed by atoms with van der Waals surface area (Å²) in [6.07, 6.45) is 1.81. The summed E-state index contributed by atoms with van der Waals surface area (Å²) in [7, 11) is 0. The average Bonchev–Trinajstić information content (AvgIpc) is 2.49. The van der Waals surface area contributed by atoms with Crippen molar-refractivity contribution < 1.29 is 0 Å². The smallest absolute Gasteiger partial charge is 0.127 e. The van der Waals surface area contributed by atoms with E-state index >= 15 is 0 Å². The topological polar surface area (TPSA) is 43.3 Å². The number of rotatable bonds is 1. The molecule has 0 saturated heterocycles. The molecule has 0 radical (unpaired) electrons. The van der Waals surface area contributed by atoms with E-state index in [0.717, 1.165) is 15.9 Å². The maximum atomic E-state index is 5.53. The van der Waals surface area contributed by atoms with Crippen LogP contribution in [0.15, 0.2) is 29.0 Å². The van der Waals surface area contributed by atoms with Crippen LogP contribution < -0.4 is 5.73 Å². The molecule has 0 saturated carbocycles. The normalized spacial score (nSPS) is 10.8. The summed E-state index contributed by atoms with van der Waals surface area (Å²) in [6, 6.07) is 5.94. The number of nitrogens with two attached hydrogens (primary N) is 1. The first-order valence-electron chi connectivity index (χ1n) is 3.64. The van der Waals surface area contributed by atoms with Crippen molar-refractivity contribution in [3.63, 3.8) is 0 Å². The van der Waals surface area contributed by atoms with Crippen LogP contribution in [0.5, 0.6) is 0 Å². The van der Waals surface area contributed by atoms with Crippen molar-refractivity contribution in [2.45, 2.75) is 6.54 Å². The summed E-state index contributed by atoms with van der Waals surface area (Å²) in [5.74, 6) is 0.873. The number of imidazole rings is 1. The summed E-state index contributed by atoms with van der Waals surface area (Å²) in [6.45, 7) is 0.455. The Bertz CT molecular complexity index is 408. The van der Waals surface area contributed by atoms with Crippen LogP contribution in [0, 0.1) is 0 Å². The fourth-order valence-electron chi connectivity index (χ4n) is 1.21. The Balaban J connectivity index is 2.83. The predicted octanol–water partition coefficient (Wildman–Crippen LogP) is 1.56. The van der Waals surface area contributed by atoms with E-state index in [1.807, 2.05) is 28.8 Å². The zero-order chi connectivity index (χ0) is 8.55. The molecule has 2 aromatic heterocycles. The summed E-state index contributed by atoms with van der Waals surface area (Å²) in [5.41, 5.74) is 6.59. The van der Waals surface area contributed by atoms with E-state index in [0.29, 0.717) is 6.54 Å². The maximum absolute atomic E-state index is 5.53. The predicted molar refractivity (Wildman–Crippen MR) is 50.8 cm³/mol. The van der Waals surface area contributed by atoms with Gasteiger partial charge in [-0.05, 0) is 28.1 Å². The molecule has 12 heavy (non-hydrogen) atoms. The van der Waals surface area contributed by atoms with E-state index in [1.165, 1.54) is 0 Å². The number of pyridine rings is 1. The molecule has 0 aliphatic carbocycles. The minimum atomic E-state index is 0.455. The monoisotopic (exact) mass is 225 g/mol. The lowest BCUT2D eigenvalue weighted by molar-refractivity contribution is 0.892. The molecule has 0 aromatic carbocycles. The number of fused-ring (bicyclic) bond motifs is 1. The van der Waals surface area contributed by atoms with Gasteiger partial charge in [0.1, 0.15) is 5.82 Å². The summed E-state index contributed by atoms with van der Waals surface area (Å²) >= 11 is 3.44. The van der Waals surface area contributed by atoms with Crippen LogP contribution in [-0.4, -0.2) is 9.38 Å². The lowest BCUT2D eigenvalue weighted by atomic mass is 10.4. The largest absolute Gasteiger partial charge is 0.324 e. The zero-order valence-corrected chi connectivity index (χ0v) is 7.95. The summed E-state index contributed by atoms with van der Waals surface area (Å²) < 4.78 is 2.97. The molecule has 2 aromatic rings. The first kappa shape index (κ1) is 7.76. The van der Waals surface area contributed by atoms with Gasteiger partial charge in [-0.1, -0.05) is 6.07 Å². The third-order valence-corrected chi connectivity index (χ3v) is 2.38. The second kappa shape index (κ2) is 2.88. The second-order valence-electron chi connectivity index (χ2n) is 2.49. The molecule has 2 rings (SSSR count). The van der Waals surface area contributed by atoms with Crippen molar-refractivity contribution in [2.24, 2.45) is 5.73 Å². The van der Waals surface area contributed by atoms with Gasteiger partial charge in [0.15, 0.2) is 0 Å². The molecule has 2 N–H and O–H groups in total. The Hall–Kier alpha value is -0.870. The van der Waals surface area contributed by atoms with Gasteiger partial charge in [0.25, 0.3) is 0 Å². The second-order valence-corrected chi connectivity index (χ2v) is 3.30. The Morgan fingerprint density at radius 1 is 1.50 bits per heavy atom. The molecular formula is C8H8BrN3. The van der Waals surface area contributed by atoms with Gasteiger partial charge in [0.2, 0.25) is 0 Å². The third kappa shape index (κ3) is 1.04. The average molecular weight is 226 g/mol. The highest BCUT2D eigenvalue weighted by Gasteiger charge is 2.02. The number of nitrogens with zero attached hydrogens (tertiary/aromatic N) is 2. The van der Waals surface area contributed by atoms with Crippen molar-refractivity contribution in [3.05, 3.63) is 34.8 Å². The molecule has 3 nitrogen and oxygen atoms in total. The molecule has 2 heterocycles. The first-order valence-corrected chi connectivity index (χ1v) is 4.43. The van der Waals surface area contributed by atoms with Gasteiger partial charge in [-0.25, -0.2) is 4.98 Å². The number of hydrogen-bond acceptors (Lipinski definition) is 2. The third-order valence-electron chi connectivity index (χ3n) is 1.76. The molecule has 0 fully saturated rings. The van der Waals surface area contributed by atoms with Crippen LogP contribution >= 0.6 is 15.9 Å². The molecule has 0 spiro atoms. The Morgan fingerprint density at radius 3 is 3.08 bits per heavy atom. The lowest BCUT2D eigenvalue weighted by Gasteiger charge is -2.00. The molecule has 62 valence electrons. The van der Waals surface area contributed by atoms with Gasteiger partial charge in [0.05, 0.1) is 22.9 Å². The van der Waals surface area contributed by atoms with E-state index in [4.69, 9.17) is 5.73 Å². The van der Waals surface area contributed by atoms with E-state index in [9.17, 15) is 0 Å². The van der Waals surface area contributed by atoms with E-state index < -0.39 is 0 Å². The van der Waals surface area contributed by atoms with Crippen molar-refractivity contribution >= 4 is 21.4 Å². The van der Waals surface area contributed by atoms with Crippen molar-refractivity contribution in [1.82, 2.24) is 9.38 Å². The Labute approximate surface area is 78.3 Å². The first-order chi connectivity index (χ1) is 5.83. The highest BCUT2D eigenvalue weighted by molar-refractivity contribution is 9.10. The van der Waals surface area contributed by atoms with Gasteiger partial charge < -0.3 is 5.73 Å². The van der Waals surface area contributed by atoms with Crippen molar-refractivity contribution in [3.8, 4) is 0 Å². The summed E-state index contributed by atoms with van der Waals surface area (Å²) in [5, 5.41) is 0. The van der Waals surface area contributed by atoms with Gasteiger partial charge in [-0.3, -0.25) is 4.40 Å². The number of aromatic nitrogens is 2. The van der Waals surface area contributed by atoms with Crippen molar-refractivity contribution in [1.29, 1.82) is 0 Å². The molecule has 0 bridgehead atoms. The molecule has 0 amide bonds. The molecular weight excluding hydrogens is 218 g/mol. The number of hydrogen-bond donors (Lipinski definition) is 1. The summed E-state index contributed by atoms with van der Waals surface area (Å²) in [4.78, 5) is 4.18. The van der Waals surface area contributed by atoms with Crippen molar-refractivity contribution in [2.75, 3.05) is 0 Å². The maximum Gasteiger partial charge on any atom is 0.127 e. The minimum Gasteiger partial charge on any atom is -0.324 e. The highest BCUT2D eigenvalue weighted by Crippen LogP contribution is 2.15. The van der Waals surface area contributed by atoms with Crippen LogP contribution in [-0.2, 0) is 6.54 Å². The van der Waals surface area contributed by atoms with Gasteiger partial charge in [0, 0.05) is 0 Å². The van der Waals surface area contributed by atoms with Crippen LogP contribution in [0.1, 0.15) is 5.82 Å². The fraction of sp³-hybridized carbons (Fsp3) is 0.125. The molecule has 0 atom stereocenters. The van der Waals surface area contributed by atoms with Gasteiger partial charge in [-0.15, -0.1) is 0 Å². The van der Waals surface area contributed by atoms with Crippen LogP contribution in [0.25, 0.3) is 5.52 Å². The fourth-order valence-corrected chi connectivity index (χ4v) is 1.78. The van der Waals surface area contributed by atoms with E-state index in [2.05, 4.69) is 20.9 Å². The van der Waals surface area contributed by atoms with Gasteiger partial charge >= 0.3 is 0 Å². The molecule has 0 aliphatic heterocycles. The lowest BCUT2D eigenvalue weighted by Crippen LogP contribution is -2.02. The highest BCUT2D eigenvalue weighted by atomic mass is 79.9. The van der Waals surface area contributed by atoms with E-state index in [-0.39, 0.29) is 0 Å². The number of halogens is 1. The SMILES string of the molecule is NCc1ncc2cccc(Br)n12. The Kier molecular flexibility index (Phi) is 1.86. The van der Waals surface area contributed by atoms with Crippen LogP contribution in [0.4, 0.5) is 0 Å². The molecule has 0 aliphatic rings. The van der Waals surface area contributed by atoms with E-state index in [1.54, 1.807) is 0 Å². The standard InChI is InChI=1S/C8H8BrN3/c9-7-3-1-2-6-5-11-8(4-10)12(6)7/h1-3,5H,4,10H2. The van der Waals surface area contributed by atoms with Crippen LogP contribution in [0.3, 0.4) is 0 Å². The molecule has 4 heteroatoms. The molecule has 0 unspecified atom stereocenters. The Morgan fingerprint density at radius 2 is 2.33 bits per heavy atom. The van der Waals surface area contributed by atoms with Crippen LogP contribution in [0.2, 0.25) is 0 Å². The van der Waals surface area contributed by atoms with Gasteiger partial charge in [-0.2, -0.15) is 0 Å².